The van der Waals surface area contributed by atoms with Crippen LogP contribution in [0.15, 0.2) is 65.4 Å². The van der Waals surface area contributed by atoms with Crippen molar-refractivity contribution in [2.45, 2.75) is 6.10 Å². The molecule has 1 atom stereocenters. The van der Waals surface area contributed by atoms with Crippen LogP contribution < -0.4 is 5.32 Å². The number of nitrogens with one attached hydrogen (secondary N) is 1. The number of rotatable bonds is 5. The molecule has 0 fully saturated rings. The highest BCUT2D eigenvalue weighted by atomic mass is 32.1. The van der Waals surface area contributed by atoms with Gasteiger partial charge in [0.25, 0.3) is 5.91 Å². The van der Waals surface area contributed by atoms with Gasteiger partial charge in [-0.1, -0.05) is 36.4 Å². The van der Waals surface area contributed by atoms with Crippen molar-refractivity contribution < 1.29 is 9.90 Å². The summed E-state index contributed by atoms with van der Waals surface area (Å²) in [5.74, 6) is -0.280. The number of hydrogen-bond donors (Lipinski definition) is 2. The Balaban J connectivity index is 1.83. The first-order chi connectivity index (χ1) is 12.2. The number of thiophene rings is 1. The van der Waals surface area contributed by atoms with Crippen LogP contribution in [0.1, 0.15) is 27.6 Å². The molecule has 0 radical (unpaired) electrons. The van der Waals surface area contributed by atoms with E-state index in [1.54, 1.807) is 24.3 Å². The first kappa shape index (κ1) is 16.9. The fourth-order valence-corrected chi connectivity index (χ4v) is 3.31. The fourth-order valence-electron chi connectivity index (χ4n) is 2.60. The van der Waals surface area contributed by atoms with E-state index in [2.05, 4.69) is 11.4 Å². The summed E-state index contributed by atoms with van der Waals surface area (Å²) in [6, 6.07) is 18.3. The number of nitrogens with zero attached hydrogens (tertiary/aromatic N) is 1. The smallest absolute Gasteiger partial charge is 0.252 e. The Labute approximate surface area is 150 Å². The minimum atomic E-state index is -0.742. The number of amides is 1. The normalized spacial score (nSPS) is 11.5. The SMILES string of the molecule is N#Cc1ccccc1-c1ccccc1C(=O)NCC(O)c1ccsc1. The van der Waals surface area contributed by atoms with E-state index in [1.165, 1.54) is 11.3 Å². The molecule has 2 aromatic carbocycles. The molecule has 0 spiro atoms. The maximum atomic E-state index is 12.6. The molecule has 0 saturated carbocycles. The predicted octanol–water partition coefficient (Wildman–Crippen LogP) is 3.75. The number of aliphatic hydroxyl groups excluding tert-OH is 1. The highest BCUT2D eigenvalue weighted by Crippen LogP contribution is 2.27. The van der Waals surface area contributed by atoms with Gasteiger partial charge in [0, 0.05) is 17.7 Å². The van der Waals surface area contributed by atoms with E-state index >= 15 is 0 Å². The standard InChI is InChI=1S/C20H16N2O2S/c21-11-14-5-1-2-6-16(14)17-7-3-4-8-18(17)20(24)22-12-19(23)15-9-10-25-13-15/h1-10,13,19,23H,12H2,(H,22,24). The number of benzene rings is 2. The summed E-state index contributed by atoms with van der Waals surface area (Å²) in [7, 11) is 0. The molecule has 0 aliphatic carbocycles. The third kappa shape index (κ3) is 3.77. The molecule has 0 saturated heterocycles. The molecule has 1 unspecified atom stereocenters. The molecular weight excluding hydrogens is 332 g/mol. The number of nitriles is 1. The molecule has 1 aromatic heterocycles. The van der Waals surface area contributed by atoms with E-state index < -0.39 is 6.10 Å². The Bertz CT molecular complexity index is 913. The topological polar surface area (TPSA) is 73.1 Å². The second-order valence-electron chi connectivity index (χ2n) is 5.49. The van der Waals surface area contributed by atoms with Crippen molar-refractivity contribution in [2.24, 2.45) is 0 Å². The van der Waals surface area contributed by atoms with E-state index in [0.29, 0.717) is 22.3 Å². The molecule has 5 heteroatoms. The van der Waals surface area contributed by atoms with Crippen molar-refractivity contribution in [3.63, 3.8) is 0 Å². The third-order valence-electron chi connectivity index (χ3n) is 3.89. The minimum absolute atomic E-state index is 0.129. The Kier molecular flexibility index (Phi) is 5.24. The van der Waals surface area contributed by atoms with E-state index in [9.17, 15) is 15.2 Å². The first-order valence-corrected chi connectivity index (χ1v) is 8.72. The van der Waals surface area contributed by atoms with Gasteiger partial charge in [-0.2, -0.15) is 16.6 Å². The number of aliphatic hydroxyl groups is 1. The molecule has 3 aromatic rings. The summed E-state index contributed by atoms with van der Waals surface area (Å²) in [6.07, 6.45) is -0.742. The molecule has 0 aliphatic rings. The molecule has 2 N–H and O–H groups in total. The van der Waals surface area contributed by atoms with E-state index in [1.807, 2.05) is 41.1 Å². The molecule has 124 valence electrons. The average molecular weight is 348 g/mol. The number of carbonyl (C=O) groups excluding carboxylic acids is 1. The lowest BCUT2D eigenvalue weighted by Gasteiger charge is -2.13. The van der Waals surface area contributed by atoms with Gasteiger partial charge in [0.15, 0.2) is 0 Å². The summed E-state index contributed by atoms with van der Waals surface area (Å²) < 4.78 is 0. The van der Waals surface area contributed by atoms with Gasteiger partial charge in [-0.25, -0.2) is 0 Å². The minimum Gasteiger partial charge on any atom is -0.387 e. The van der Waals surface area contributed by atoms with E-state index in [4.69, 9.17) is 0 Å². The molecule has 0 aliphatic heterocycles. The van der Waals surface area contributed by atoms with Crippen LogP contribution in [0.3, 0.4) is 0 Å². The molecule has 4 nitrogen and oxygen atoms in total. The maximum absolute atomic E-state index is 12.6. The Hall–Kier alpha value is -2.94. The molecule has 25 heavy (non-hydrogen) atoms. The molecular formula is C20H16N2O2S. The van der Waals surface area contributed by atoms with Gasteiger partial charge >= 0.3 is 0 Å². The van der Waals surface area contributed by atoms with Crippen LogP contribution in [0.25, 0.3) is 11.1 Å². The second-order valence-corrected chi connectivity index (χ2v) is 6.27. The van der Waals surface area contributed by atoms with Gasteiger partial charge < -0.3 is 10.4 Å². The van der Waals surface area contributed by atoms with Crippen molar-refractivity contribution in [2.75, 3.05) is 6.54 Å². The van der Waals surface area contributed by atoms with Gasteiger partial charge in [0.1, 0.15) is 0 Å². The Morgan fingerprint density at radius 1 is 1.12 bits per heavy atom. The van der Waals surface area contributed by atoms with Crippen LogP contribution >= 0.6 is 11.3 Å². The van der Waals surface area contributed by atoms with Crippen molar-refractivity contribution in [1.29, 1.82) is 5.26 Å². The fraction of sp³-hybridized carbons (Fsp3) is 0.100. The van der Waals surface area contributed by atoms with Crippen LogP contribution in [0, 0.1) is 11.3 Å². The number of carbonyl (C=O) groups is 1. The van der Waals surface area contributed by atoms with E-state index in [-0.39, 0.29) is 12.5 Å². The summed E-state index contributed by atoms with van der Waals surface area (Å²) in [5, 5.41) is 25.9. The lowest BCUT2D eigenvalue weighted by molar-refractivity contribution is 0.0917. The predicted molar refractivity (Wildman–Crippen MR) is 98.2 cm³/mol. The lowest BCUT2D eigenvalue weighted by Crippen LogP contribution is -2.28. The largest absolute Gasteiger partial charge is 0.387 e. The van der Waals surface area contributed by atoms with Crippen molar-refractivity contribution >= 4 is 17.2 Å². The first-order valence-electron chi connectivity index (χ1n) is 7.77. The molecule has 0 bridgehead atoms. The van der Waals surface area contributed by atoms with Crippen LogP contribution in [-0.2, 0) is 0 Å². The molecule has 3 rings (SSSR count). The van der Waals surface area contributed by atoms with Crippen LogP contribution in [0.2, 0.25) is 0 Å². The lowest BCUT2D eigenvalue weighted by atomic mass is 9.95. The summed E-state index contributed by atoms with van der Waals surface area (Å²) in [4.78, 5) is 12.6. The Morgan fingerprint density at radius 3 is 2.56 bits per heavy atom. The monoisotopic (exact) mass is 348 g/mol. The summed E-state index contributed by atoms with van der Waals surface area (Å²) in [5.41, 5.74) is 3.19. The summed E-state index contributed by atoms with van der Waals surface area (Å²) in [6.45, 7) is 0.129. The second kappa shape index (κ2) is 7.75. The Morgan fingerprint density at radius 2 is 1.84 bits per heavy atom. The highest BCUT2D eigenvalue weighted by Gasteiger charge is 2.16. The van der Waals surface area contributed by atoms with Crippen LogP contribution in [0.5, 0.6) is 0 Å². The molecule has 1 heterocycles. The zero-order valence-corrected chi connectivity index (χ0v) is 14.2. The average Bonchev–Trinajstić information content (AvgIpc) is 3.20. The zero-order chi connectivity index (χ0) is 17.6. The van der Waals surface area contributed by atoms with Gasteiger partial charge in [-0.15, -0.1) is 0 Å². The summed E-state index contributed by atoms with van der Waals surface area (Å²) >= 11 is 1.50. The van der Waals surface area contributed by atoms with Gasteiger partial charge in [-0.05, 0) is 40.1 Å². The van der Waals surface area contributed by atoms with Crippen LogP contribution in [-0.4, -0.2) is 17.6 Å². The van der Waals surface area contributed by atoms with Gasteiger partial charge in [0.2, 0.25) is 0 Å². The third-order valence-corrected chi connectivity index (χ3v) is 4.59. The maximum Gasteiger partial charge on any atom is 0.252 e. The van der Waals surface area contributed by atoms with E-state index in [0.717, 1.165) is 5.56 Å². The quantitative estimate of drug-likeness (QED) is 0.737. The number of hydrogen-bond acceptors (Lipinski definition) is 4. The van der Waals surface area contributed by atoms with Gasteiger partial charge in [0.05, 0.1) is 17.7 Å². The van der Waals surface area contributed by atoms with Crippen molar-refractivity contribution in [3.8, 4) is 17.2 Å². The van der Waals surface area contributed by atoms with Crippen molar-refractivity contribution in [1.82, 2.24) is 5.32 Å². The van der Waals surface area contributed by atoms with Gasteiger partial charge in [-0.3, -0.25) is 4.79 Å². The zero-order valence-electron chi connectivity index (χ0n) is 13.3. The van der Waals surface area contributed by atoms with Crippen molar-refractivity contribution in [3.05, 3.63) is 82.0 Å². The highest BCUT2D eigenvalue weighted by molar-refractivity contribution is 7.07. The molecule has 1 amide bonds. The van der Waals surface area contributed by atoms with Crippen LogP contribution in [0.4, 0.5) is 0 Å².